The molecule has 0 radical (unpaired) electrons. The first kappa shape index (κ1) is 15.9. The molecule has 112 valence electrons. The van der Waals surface area contributed by atoms with E-state index in [9.17, 15) is 5.11 Å². The lowest BCUT2D eigenvalue weighted by Gasteiger charge is -2.13. The van der Waals surface area contributed by atoms with Gasteiger partial charge in [0.2, 0.25) is 0 Å². The summed E-state index contributed by atoms with van der Waals surface area (Å²) < 4.78 is 15.7. The molecular weight excluding hydrogens is 339 g/mol. The van der Waals surface area contributed by atoms with Crippen molar-refractivity contribution >= 4 is 34.8 Å². The number of ether oxygens (including phenoxy) is 3. The third-order valence-corrected chi connectivity index (χ3v) is 3.51. The smallest absolute Gasteiger partial charge is 0.177 e. The fraction of sp³-hybridized carbons (Fsp3) is 0.143. The summed E-state index contributed by atoms with van der Waals surface area (Å²) in [5.74, 6) is 0.936. The molecule has 1 N–H and O–H groups in total. The molecule has 7 heteroatoms. The Balaban J connectivity index is 2.45. The van der Waals surface area contributed by atoms with Gasteiger partial charge in [-0.05, 0) is 0 Å². The number of phenols is 1. The molecule has 0 aliphatic carbocycles. The fourth-order valence-electron chi connectivity index (χ4n) is 1.61. The van der Waals surface area contributed by atoms with Crippen LogP contribution in [0.5, 0.6) is 28.7 Å². The van der Waals surface area contributed by atoms with Crippen molar-refractivity contribution in [3.8, 4) is 28.7 Å². The summed E-state index contributed by atoms with van der Waals surface area (Å²) in [5, 5.41) is 10.5. The highest BCUT2D eigenvalue weighted by Gasteiger charge is 2.16. The van der Waals surface area contributed by atoms with E-state index in [0.717, 1.165) is 0 Å². The van der Waals surface area contributed by atoms with Crippen LogP contribution in [-0.4, -0.2) is 19.3 Å². The molecule has 0 aromatic heterocycles. The molecule has 0 bridgehead atoms. The number of halogens is 3. The number of benzene rings is 2. The molecule has 2 aromatic carbocycles. The minimum Gasteiger partial charge on any atom is -0.503 e. The molecule has 0 atom stereocenters. The summed E-state index contributed by atoms with van der Waals surface area (Å²) in [5.41, 5.74) is 0. The number of aromatic hydroxyl groups is 1. The Morgan fingerprint density at radius 2 is 1.29 bits per heavy atom. The maximum absolute atomic E-state index is 9.94. The first-order chi connectivity index (χ1) is 9.96. The van der Waals surface area contributed by atoms with Gasteiger partial charge in [-0.15, -0.1) is 0 Å². The van der Waals surface area contributed by atoms with Crippen LogP contribution in [-0.2, 0) is 0 Å². The zero-order valence-corrected chi connectivity index (χ0v) is 13.4. The van der Waals surface area contributed by atoms with Gasteiger partial charge in [0.15, 0.2) is 17.2 Å². The molecule has 21 heavy (non-hydrogen) atoms. The van der Waals surface area contributed by atoms with Gasteiger partial charge in [-0.2, -0.15) is 0 Å². The number of hydrogen-bond donors (Lipinski definition) is 1. The molecular formula is C14H11Cl3O4. The van der Waals surface area contributed by atoms with Crippen LogP contribution >= 0.6 is 34.8 Å². The minimum atomic E-state index is -0.236. The van der Waals surface area contributed by atoms with E-state index in [1.54, 1.807) is 12.1 Å². The van der Waals surface area contributed by atoms with Crippen molar-refractivity contribution in [3.05, 3.63) is 39.3 Å². The van der Waals surface area contributed by atoms with Gasteiger partial charge in [0.1, 0.15) is 11.5 Å². The highest BCUT2D eigenvalue weighted by atomic mass is 35.5. The first-order valence-corrected chi connectivity index (χ1v) is 6.87. The number of methoxy groups -OCH3 is 2. The highest BCUT2D eigenvalue weighted by molar-refractivity contribution is 6.37. The van der Waals surface area contributed by atoms with E-state index in [0.29, 0.717) is 11.5 Å². The van der Waals surface area contributed by atoms with Crippen LogP contribution in [0.1, 0.15) is 0 Å². The summed E-state index contributed by atoms with van der Waals surface area (Å²) in [7, 11) is 2.97. The molecule has 0 saturated carbocycles. The number of hydrogen-bond acceptors (Lipinski definition) is 4. The third-order valence-electron chi connectivity index (χ3n) is 2.66. The Morgan fingerprint density at radius 3 is 1.81 bits per heavy atom. The quantitative estimate of drug-likeness (QED) is 0.828. The van der Waals surface area contributed by atoms with E-state index in [1.165, 1.54) is 26.4 Å². The van der Waals surface area contributed by atoms with Crippen molar-refractivity contribution in [1.82, 2.24) is 0 Å². The molecule has 2 aromatic rings. The average molecular weight is 350 g/mol. The normalized spacial score (nSPS) is 10.3. The third kappa shape index (κ3) is 3.40. The van der Waals surface area contributed by atoms with Gasteiger partial charge in [-0.3, -0.25) is 0 Å². The van der Waals surface area contributed by atoms with Crippen LogP contribution < -0.4 is 14.2 Å². The molecule has 2 rings (SSSR count). The van der Waals surface area contributed by atoms with Gasteiger partial charge in [0.05, 0.1) is 29.3 Å². The van der Waals surface area contributed by atoms with Crippen molar-refractivity contribution in [3.63, 3.8) is 0 Å². The van der Waals surface area contributed by atoms with Gasteiger partial charge >= 0.3 is 0 Å². The minimum absolute atomic E-state index is 0.0771. The van der Waals surface area contributed by atoms with E-state index in [-0.39, 0.29) is 32.3 Å². The largest absolute Gasteiger partial charge is 0.503 e. The Morgan fingerprint density at radius 1 is 0.810 bits per heavy atom. The lowest BCUT2D eigenvalue weighted by molar-refractivity contribution is 0.390. The van der Waals surface area contributed by atoms with E-state index >= 15 is 0 Å². The van der Waals surface area contributed by atoms with Crippen molar-refractivity contribution in [2.45, 2.75) is 0 Å². The summed E-state index contributed by atoms with van der Waals surface area (Å²) in [6.07, 6.45) is 0. The summed E-state index contributed by atoms with van der Waals surface area (Å²) in [4.78, 5) is 0. The van der Waals surface area contributed by atoms with Crippen molar-refractivity contribution in [2.24, 2.45) is 0 Å². The topological polar surface area (TPSA) is 47.9 Å². The van der Waals surface area contributed by atoms with E-state index in [4.69, 9.17) is 49.0 Å². The molecule has 0 spiro atoms. The fourth-order valence-corrected chi connectivity index (χ4v) is 2.35. The van der Waals surface area contributed by atoms with Gasteiger partial charge < -0.3 is 19.3 Å². The van der Waals surface area contributed by atoms with Crippen LogP contribution in [0.15, 0.2) is 24.3 Å². The molecule has 0 saturated heterocycles. The van der Waals surface area contributed by atoms with Crippen LogP contribution in [0.4, 0.5) is 0 Å². The lowest BCUT2D eigenvalue weighted by atomic mass is 10.3. The Bertz CT molecular complexity index is 651. The van der Waals surface area contributed by atoms with Gasteiger partial charge in [-0.25, -0.2) is 0 Å². The van der Waals surface area contributed by atoms with Crippen LogP contribution in [0.2, 0.25) is 15.1 Å². The summed E-state index contributed by atoms with van der Waals surface area (Å²) in [6, 6.07) is 6.02. The molecule has 0 unspecified atom stereocenters. The van der Waals surface area contributed by atoms with Gasteiger partial charge in [0, 0.05) is 24.3 Å². The average Bonchev–Trinajstić information content (AvgIpc) is 2.46. The molecule has 0 heterocycles. The lowest BCUT2D eigenvalue weighted by Crippen LogP contribution is -1.91. The van der Waals surface area contributed by atoms with Crippen LogP contribution in [0.3, 0.4) is 0 Å². The van der Waals surface area contributed by atoms with Gasteiger partial charge in [-0.1, -0.05) is 34.8 Å². The monoisotopic (exact) mass is 348 g/mol. The number of rotatable bonds is 4. The van der Waals surface area contributed by atoms with Crippen LogP contribution in [0, 0.1) is 0 Å². The van der Waals surface area contributed by atoms with E-state index in [2.05, 4.69) is 0 Å². The van der Waals surface area contributed by atoms with Crippen molar-refractivity contribution in [1.29, 1.82) is 0 Å². The predicted molar refractivity (Wildman–Crippen MR) is 82.8 cm³/mol. The molecule has 0 amide bonds. The number of phenolic OH excluding ortho intramolecular Hbond substituents is 1. The second kappa shape index (κ2) is 6.52. The maximum Gasteiger partial charge on any atom is 0.177 e. The van der Waals surface area contributed by atoms with Crippen molar-refractivity contribution in [2.75, 3.05) is 14.2 Å². The highest BCUT2D eigenvalue weighted by Crippen LogP contribution is 2.45. The van der Waals surface area contributed by atoms with Crippen LogP contribution in [0.25, 0.3) is 0 Å². The second-order valence-corrected chi connectivity index (χ2v) is 5.20. The van der Waals surface area contributed by atoms with Crippen molar-refractivity contribution < 1.29 is 19.3 Å². The molecule has 0 aliphatic rings. The predicted octanol–water partition coefficient (Wildman–Crippen LogP) is 5.16. The van der Waals surface area contributed by atoms with E-state index in [1.807, 2.05) is 0 Å². The SMILES string of the molecule is COc1cc(Cl)c(Oc2cc(OC)cc(Cl)c2O)c(Cl)c1. The second-order valence-electron chi connectivity index (χ2n) is 3.98. The summed E-state index contributed by atoms with van der Waals surface area (Å²) in [6.45, 7) is 0. The zero-order valence-electron chi connectivity index (χ0n) is 11.1. The Kier molecular flexibility index (Phi) is 4.93. The first-order valence-electron chi connectivity index (χ1n) is 5.73. The Labute approximate surface area is 136 Å². The molecule has 0 aliphatic heterocycles. The summed E-state index contributed by atoms with van der Waals surface area (Å²) >= 11 is 18.1. The van der Waals surface area contributed by atoms with Gasteiger partial charge in [0.25, 0.3) is 0 Å². The van der Waals surface area contributed by atoms with E-state index < -0.39 is 0 Å². The Hall–Kier alpha value is -1.49. The molecule has 0 fully saturated rings. The zero-order chi connectivity index (χ0) is 15.6. The standard InChI is InChI=1S/C14H11Cl3O4/c1-19-7-4-10(16)14(11(17)5-7)21-12-6-8(20-2)3-9(15)13(12)18/h3-6,18H,1-2H3. The molecule has 4 nitrogen and oxygen atoms in total. The maximum atomic E-state index is 9.94.